The van der Waals surface area contributed by atoms with Gasteiger partial charge in [-0.15, -0.1) is 0 Å². The molecule has 7 heteroatoms. The highest BCUT2D eigenvalue weighted by molar-refractivity contribution is 7.92. The van der Waals surface area contributed by atoms with Crippen LogP contribution in [0.5, 0.6) is 5.75 Å². The van der Waals surface area contributed by atoms with E-state index in [0.29, 0.717) is 18.0 Å². The summed E-state index contributed by atoms with van der Waals surface area (Å²) >= 11 is 0. The number of anilines is 1. The number of hydrogen-bond acceptors (Lipinski definition) is 4. The van der Waals surface area contributed by atoms with Gasteiger partial charge in [0.1, 0.15) is 5.75 Å². The minimum atomic E-state index is -3.85. The minimum absolute atomic E-state index is 0.0884. The molecule has 0 saturated carbocycles. The molecule has 22 heavy (non-hydrogen) atoms. The molecule has 0 heterocycles. The lowest BCUT2D eigenvalue weighted by Gasteiger charge is -2.09. The topological polar surface area (TPSA) is 92.7 Å². The molecule has 2 N–H and O–H groups in total. The number of sulfonamides is 1. The smallest absolute Gasteiger partial charge is 0.335 e. The van der Waals surface area contributed by atoms with Crippen LogP contribution in [0.2, 0.25) is 0 Å². The van der Waals surface area contributed by atoms with Crippen molar-refractivity contribution < 1.29 is 23.1 Å². The van der Waals surface area contributed by atoms with E-state index in [9.17, 15) is 13.2 Å². The van der Waals surface area contributed by atoms with Gasteiger partial charge in [-0.3, -0.25) is 4.72 Å². The Kier molecular flexibility index (Phi) is 4.67. The van der Waals surface area contributed by atoms with Crippen molar-refractivity contribution >= 4 is 21.7 Å². The quantitative estimate of drug-likeness (QED) is 0.853. The first-order valence-electron chi connectivity index (χ1n) is 6.51. The van der Waals surface area contributed by atoms with E-state index in [1.165, 1.54) is 18.2 Å². The molecule has 2 rings (SSSR count). The molecule has 0 bridgehead atoms. The third kappa shape index (κ3) is 3.76. The standard InChI is InChI=1S/C15H15NO5S/c1-2-21-13-8-6-12(7-9-13)16-22(19,20)14-5-3-4-11(10-14)15(17)18/h3-10,16H,2H2,1H3,(H,17,18). The van der Waals surface area contributed by atoms with Crippen LogP contribution in [-0.4, -0.2) is 26.1 Å². The molecule has 0 atom stereocenters. The highest BCUT2D eigenvalue weighted by Crippen LogP contribution is 2.20. The van der Waals surface area contributed by atoms with Crippen LogP contribution in [-0.2, 0) is 10.0 Å². The summed E-state index contributed by atoms with van der Waals surface area (Å²) in [7, 11) is -3.85. The molecule has 0 amide bonds. The Balaban J connectivity index is 2.23. The molecule has 6 nitrogen and oxygen atoms in total. The van der Waals surface area contributed by atoms with Crippen LogP contribution in [0.25, 0.3) is 0 Å². The Bertz CT molecular complexity index is 769. The summed E-state index contributed by atoms with van der Waals surface area (Å²) in [6.45, 7) is 2.37. The molecule has 0 aromatic heterocycles. The first-order valence-corrected chi connectivity index (χ1v) is 8.00. The van der Waals surface area contributed by atoms with E-state index in [-0.39, 0.29) is 10.5 Å². The van der Waals surface area contributed by atoms with Crippen molar-refractivity contribution in [3.63, 3.8) is 0 Å². The van der Waals surface area contributed by atoms with Crippen LogP contribution in [0.15, 0.2) is 53.4 Å². The number of nitrogens with one attached hydrogen (secondary N) is 1. The van der Waals surface area contributed by atoms with E-state index in [1.54, 1.807) is 24.3 Å². The van der Waals surface area contributed by atoms with Crippen molar-refractivity contribution in [3.8, 4) is 5.75 Å². The van der Waals surface area contributed by atoms with Crippen molar-refractivity contribution in [2.75, 3.05) is 11.3 Å². The fraction of sp³-hybridized carbons (Fsp3) is 0.133. The monoisotopic (exact) mass is 321 g/mol. The first-order chi connectivity index (χ1) is 10.4. The lowest BCUT2D eigenvalue weighted by molar-refractivity contribution is 0.0696. The lowest BCUT2D eigenvalue weighted by atomic mass is 10.2. The molecule has 116 valence electrons. The molecule has 0 aliphatic rings. The van der Waals surface area contributed by atoms with Gasteiger partial charge in [0.2, 0.25) is 0 Å². The number of ether oxygens (including phenoxy) is 1. The first kappa shape index (κ1) is 15.8. The van der Waals surface area contributed by atoms with Crippen molar-refractivity contribution in [2.45, 2.75) is 11.8 Å². The van der Waals surface area contributed by atoms with Crippen molar-refractivity contribution in [1.82, 2.24) is 0 Å². The zero-order chi connectivity index (χ0) is 16.2. The van der Waals surface area contributed by atoms with Gasteiger partial charge in [0, 0.05) is 5.69 Å². The molecule has 0 saturated heterocycles. The molecule has 2 aromatic rings. The highest BCUT2D eigenvalue weighted by atomic mass is 32.2. The maximum atomic E-state index is 12.3. The van der Waals surface area contributed by atoms with Crippen molar-refractivity contribution in [2.24, 2.45) is 0 Å². The van der Waals surface area contributed by atoms with E-state index in [2.05, 4.69) is 4.72 Å². The number of carboxylic acids is 1. The number of carbonyl (C=O) groups is 1. The van der Waals surface area contributed by atoms with Crippen LogP contribution in [0, 0.1) is 0 Å². The van der Waals surface area contributed by atoms with Gasteiger partial charge in [-0.2, -0.15) is 0 Å². The van der Waals surface area contributed by atoms with Crippen LogP contribution < -0.4 is 9.46 Å². The van der Waals surface area contributed by atoms with Gasteiger partial charge in [-0.25, -0.2) is 13.2 Å². The Morgan fingerprint density at radius 2 is 1.86 bits per heavy atom. The second kappa shape index (κ2) is 6.48. The van der Waals surface area contributed by atoms with Crippen molar-refractivity contribution in [1.29, 1.82) is 0 Å². The predicted octanol–water partition coefficient (Wildman–Crippen LogP) is 2.58. The zero-order valence-corrected chi connectivity index (χ0v) is 12.6. The van der Waals surface area contributed by atoms with Gasteiger partial charge >= 0.3 is 5.97 Å². The number of aromatic carboxylic acids is 1. The minimum Gasteiger partial charge on any atom is -0.494 e. The van der Waals surface area contributed by atoms with Gasteiger partial charge in [0.25, 0.3) is 10.0 Å². The Morgan fingerprint density at radius 3 is 2.45 bits per heavy atom. The summed E-state index contributed by atoms with van der Waals surface area (Å²) in [5.74, 6) is -0.545. The normalized spacial score (nSPS) is 11.0. The summed E-state index contributed by atoms with van der Waals surface area (Å²) in [5.41, 5.74) is 0.277. The number of carboxylic acid groups (broad SMARTS) is 1. The molecule has 2 aromatic carbocycles. The molecule has 0 aliphatic carbocycles. The lowest BCUT2D eigenvalue weighted by Crippen LogP contribution is -2.13. The molecule has 0 fully saturated rings. The second-order valence-electron chi connectivity index (χ2n) is 4.40. The van der Waals surface area contributed by atoms with Crippen molar-refractivity contribution in [3.05, 3.63) is 54.1 Å². The third-order valence-corrected chi connectivity index (χ3v) is 4.19. The molecular weight excluding hydrogens is 306 g/mol. The van der Waals surface area contributed by atoms with Gasteiger partial charge in [-0.05, 0) is 49.4 Å². The average Bonchev–Trinajstić information content (AvgIpc) is 2.49. The Labute approximate surface area is 128 Å². The maximum Gasteiger partial charge on any atom is 0.335 e. The van der Waals surface area contributed by atoms with Crippen LogP contribution in [0.4, 0.5) is 5.69 Å². The third-order valence-electron chi connectivity index (χ3n) is 2.81. The van der Waals surface area contributed by atoms with Crippen LogP contribution >= 0.6 is 0 Å². The fourth-order valence-electron chi connectivity index (χ4n) is 1.80. The van der Waals surface area contributed by atoms with Gasteiger partial charge in [0.15, 0.2) is 0 Å². The molecule has 0 aliphatic heterocycles. The number of benzene rings is 2. The predicted molar refractivity (Wildman–Crippen MR) is 81.8 cm³/mol. The average molecular weight is 321 g/mol. The van der Waals surface area contributed by atoms with Crippen LogP contribution in [0.1, 0.15) is 17.3 Å². The number of hydrogen-bond donors (Lipinski definition) is 2. The largest absolute Gasteiger partial charge is 0.494 e. The fourth-order valence-corrected chi connectivity index (χ4v) is 2.90. The summed E-state index contributed by atoms with van der Waals surface area (Å²) in [6.07, 6.45) is 0. The van der Waals surface area contributed by atoms with E-state index >= 15 is 0 Å². The molecular formula is C15H15NO5S. The van der Waals surface area contributed by atoms with Gasteiger partial charge in [0.05, 0.1) is 17.1 Å². The molecule has 0 spiro atoms. The van der Waals surface area contributed by atoms with E-state index in [4.69, 9.17) is 9.84 Å². The van der Waals surface area contributed by atoms with E-state index in [1.807, 2.05) is 6.92 Å². The van der Waals surface area contributed by atoms with Gasteiger partial charge < -0.3 is 9.84 Å². The van der Waals surface area contributed by atoms with Crippen LogP contribution in [0.3, 0.4) is 0 Å². The van der Waals surface area contributed by atoms with Gasteiger partial charge in [-0.1, -0.05) is 6.07 Å². The zero-order valence-electron chi connectivity index (χ0n) is 11.8. The number of rotatable bonds is 6. The SMILES string of the molecule is CCOc1ccc(NS(=O)(=O)c2cccc(C(=O)O)c2)cc1. The maximum absolute atomic E-state index is 12.3. The van der Waals surface area contributed by atoms with E-state index in [0.717, 1.165) is 6.07 Å². The Morgan fingerprint density at radius 1 is 1.18 bits per heavy atom. The molecule has 0 unspecified atom stereocenters. The summed E-state index contributed by atoms with van der Waals surface area (Å²) in [5, 5.41) is 8.92. The van der Waals surface area contributed by atoms with E-state index < -0.39 is 16.0 Å². The second-order valence-corrected chi connectivity index (χ2v) is 6.08. The Hall–Kier alpha value is -2.54. The summed E-state index contributed by atoms with van der Waals surface area (Å²) < 4.78 is 32.2. The molecule has 0 radical (unpaired) electrons. The highest BCUT2D eigenvalue weighted by Gasteiger charge is 2.16. The summed E-state index contributed by atoms with van der Waals surface area (Å²) in [6, 6.07) is 11.6. The summed E-state index contributed by atoms with van der Waals surface area (Å²) in [4.78, 5) is 10.8.